The zero-order valence-corrected chi connectivity index (χ0v) is 9.94. The van der Waals surface area contributed by atoms with E-state index in [1.54, 1.807) is 7.11 Å². The van der Waals surface area contributed by atoms with Crippen molar-refractivity contribution in [3.8, 4) is 0 Å². The highest BCUT2D eigenvalue weighted by molar-refractivity contribution is 5.88. The van der Waals surface area contributed by atoms with E-state index in [4.69, 9.17) is 10.5 Å². The van der Waals surface area contributed by atoms with Crippen molar-refractivity contribution in [3.05, 3.63) is 5.69 Å². The molecule has 0 aliphatic heterocycles. The van der Waals surface area contributed by atoms with E-state index in [2.05, 4.69) is 15.3 Å². The van der Waals surface area contributed by atoms with Crippen molar-refractivity contribution in [2.24, 2.45) is 0 Å². The molecular weight excluding hydrogens is 218 g/mol. The van der Waals surface area contributed by atoms with E-state index in [1.807, 2.05) is 4.68 Å². The zero-order chi connectivity index (χ0) is 11.8. The number of rotatable bonds is 3. The van der Waals surface area contributed by atoms with E-state index in [0.717, 1.165) is 16.7 Å². The molecule has 3 rings (SSSR count). The van der Waals surface area contributed by atoms with Gasteiger partial charge in [0.15, 0.2) is 5.65 Å². The minimum absolute atomic E-state index is 0.464. The van der Waals surface area contributed by atoms with E-state index >= 15 is 0 Å². The maximum atomic E-state index is 5.89. The van der Waals surface area contributed by atoms with Gasteiger partial charge in [0.05, 0.1) is 18.0 Å². The van der Waals surface area contributed by atoms with Gasteiger partial charge in [-0.3, -0.25) is 5.10 Å². The average molecular weight is 235 g/mol. The second-order valence-corrected chi connectivity index (χ2v) is 4.60. The smallest absolute Gasteiger partial charge is 0.182 e. The Morgan fingerprint density at radius 2 is 2.24 bits per heavy atom. The Kier molecular flexibility index (Phi) is 2.51. The van der Waals surface area contributed by atoms with Crippen molar-refractivity contribution >= 4 is 16.9 Å². The molecule has 1 aliphatic carbocycles. The lowest BCUT2D eigenvalue weighted by Gasteiger charge is -2.09. The number of nitrogens with one attached hydrogen (secondary N) is 1. The van der Waals surface area contributed by atoms with Crippen molar-refractivity contribution in [1.82, 2.24) is 20.0 Å². The lowest BCUT2D eigenvalue weighted by molar-refractivity contribution is 0.181. The van der Waals surface area contributed by atoms with Gasteiger partial charge in [-0.1, -0.05) is 12.8 Å². The number of anilines is 1. The van der Waals surface area contributed by atoms with Crippen LogP contribution in [0.4, 0.5) is 5.82 Å². The van der Waals surface area contributed by atoms with E-state index in [-0.39, 0.29) is 0 Å². The lowest BCUT2D eigenvalue weighted by atomic mass is 10.2. The Morgan fingerprint density at radius 3 is 2.94 bits per heavy atom. The Hall–Kier alpha value is -1.56. The van der Waals surface area contributed by atoms with Gasteiger partial charge in [0, 0.05) is 7.11 Å². The molecule has 0 spiro atoms. The number of nitrogens with two attached hydrogens (primary N) is 1. The van der Waals surface area contributed by atoms with E-state index in [9.17, 15) is 0 Å². The van der Waals surface area contributed by atoms with Gasteiger partial charge in [0.25, 0.3) is 0 Å². The van der Waals surface area contributed by atoms with Crippen molar-refractivity contribution < 1.29 is 4.74 Å². The third kappa shape index (κ3) is 1.59. The number of fused-ring (bicyclic) bond motifs is 1. The zero-order valence-electron chi connectivity index (χ0n) is 9.94. The first-order chi connectivity index (χ1) is 8.31. The first-order valence-corrected chi connectivity index (χ1v) is 6.01. The third-order valence-electron chi connectivity index (χ3n) is 3.46. The fourth-order valence-electron chi connectivity index (χ4n) is 2.66. The molecule has 0 atom stereocenters. The van der Waals surface area contributed by atoms with Crippen molar-refractivity contribution in [3.63, 3.8) is 0 Å². The fourth-order valence-corrected chi connectivity index (χ4v) is 2.66. The van der Waals surface area contributed by atoms with Crippen molar-refractivity contribution in [1.29, 1.82) is 0 Å². The normalized spacial score (nSPS) is 17.2. The van der Waals surface area contributed by atoms with E-state index < -0.39 is 0 Å². The molecule has 1 fully saturated rings. The Bertz CT molecular complexity index is 523. The molecule has 0 amide bonds. The van der Waals surface area contributed by atoms with Gasteiger partial charge in [0.1, 0.15) is 11.5 Å². The SMILES string of the molecule is COCc1nn(C2CCCC2)c2n[nH]c(N)c12. The topological polar surface area (TPSA) is 81.8 Å². The summed E-state index contributed by atoms with van der Waals surface area (Å²) in [5.74, 6) is 0.580. The largest absolute Gasteiger partial charge is 0.383 e. The molecule has 3 N–H and O–H groups in total. The number of aromatic amines is 1. The summed E-state index contributed by atoms with van der Waals surface area (Å²) < 4.78 is 7.18. The van der Waals surface area contributed by atoms with Gasteiger partial charge in [0.2, 0.25) is 0 Å². The number of nitrogen functional groups attached to an aromatic ring is 1. The number of hydrogen-bond acceptors (Lipinski definition) is 4. The van der Waals surface area contributed by atoms with E-state index in [1.165, 1.54) is 25.7 Å². The van der Waals surface area contributed by atoms with Crippen LogP contribution in [0.3, 0.4) is 0 Å². The summed E-state index contributed by atoms with van der Waals surface area (Å²) in [7, 11) is 1.66. The van der Waals surface area contributed by atoms with Crippen LogP contribution in [0.5, 0.6) is 0 Å². The Labute approximate surface area is 99.1 Å². The Balaban J connectivity index is 2.11. The van der Waals surface area contributed by atoms with E-state index in [0.29, 0.717) is 18.5 Å². The minimum atomic E-state index is 0.464. The van der Waals surface area contributed by atoms with Crippen molar-refractivity contribution in [2.75, 3.05) is 12.8 Å². The quantitative estimate of drug-likeness (QED) is 0.846. The summed E-state index contributed by atoms with van der Waals surface area (Å²) >= 11 is 0. The summed E-state index contributed by atoms with van der Waals surface area (Å²) in [6, 6.07) is 0.464. The maximum absolute atomic E-state index is 5.89. The molecule has 0 aromatic carbocycles. The van der Waals surface area contributed by atoms with Crippen LogP contribution in [0.2, 0.25) is 0 Å². The van der Waals surface area contributed by atoms with Gasteiger partial charge in [-0.05, 0) is 12.8 Å². The van der Waals surface area contributed by atoms with Gasteiger partial charge in [-0.25, -0.2) is 4.68 Å². The molecule has 2 heterocycles. The van der Waals surface area contributed by atoms with Crippen LogP contribution >= 0.6 is 0 Å². The first-order valence-electron chi connectivity index (χ1n) is 6.01. The number of ether oxygens (including phenoxy) is 1. The van der Waals surface area contributed by atoms with Crippen LogP contribution < -0.4 is 5.73 Å². The highest BCUT2D eigenvalue weighted by Gasteiger charge is 2.24. The molecule has 6 nitrogen and oxygen atoms in total. The fraction of sp³-hybridized carbons (Fsp3) is 0.636. The molecule has 2 aromatic rings. The molecule has 1 aliphatic rings. The Morgan fingerprint density at radius 1 is 1.47 bits per heavy atom. The molecule has 2 aromatic heterocycles. The van der Waals surface area contributed by atoms with Crippen LogP contribution in [0.15, 0.2) is 0 Å². The molecule has 0 unspecified atom stereocenters. The minimum Gasteiger partial charge on any atom is -0.383 e. The molecular formula is C11H17N5O. The van der Waals surface area contributed by atoms with Gasteiger partial charge >= 0.3 is 0 Å². The predicted octanol–water partition coefficient (Wildman–Crippen LogP) is 1.60. The predicted molar refractivity (Wildman–Crippen MR) is 64.5 cm³/mol. The second kappa shape index (κ2) is 4.03. The van der Waals surface area contributed by atoms with Crippen LogP contribution in [0.25, 0.3) is 11.0 Å². The molecule has 1 saturated carbocycles. The highest BCUT2D eigenvalue weighted by atomic mass is 16.5. The first kappa shape index (κ1) is 10.6. The molecule has 0 radical (unpaired) electrons. The number of aromatic nitrogens is 4. The summed E-state index contributed by atoms with van der Waals surface area (Å²) in [6.07, 6.45) is 4.89. The summed E-state index contributed by atoms with van der Waals surface area (Å²) in [5, 5.41) is 12.6. The summed E-state index contributed by atoms with van der Waals surface area (Å²) in [5.41, 5.74) is 7.63. The second-order valence-electron chi connectivity index (χ2n) is 4.60. The number of methoxy groups -OCH3 is 1. The monoisotopic (exact) mass is 235 g/mol. The number of nitrogens with zero attached hydrogens (tertiary/aromatic N) is 3. The molecule has 17 heavy (non-hydrogen) atoms. The maximum Gasteiger partial charge on any atom is 0.182 e. The van der Waals surface area contributed by atoms with Crippen LogP contribution in [-0.4, -0.2) is 27.1 Å². The van der Waals surface area contributed by atoms with Gasteiger partial charge < -0.3 is 10.5 Å². The highest BCUT2D eigenvalue weighted by Crippen LogP contribution is 2.33. The standard InChI is InChI=1S/C11H17N5O/c1-17-6-8-9-10(12)13-14-11(9)16(15-8)7-4-2-3-5-7/h7H,2-6H2,1H3,(H3,12,13,14). The molecule has 0 bridgehead atoms. The average Bonchev–Trinajstić information content (AvgIpc) is 2.99. The van der Waals surface area contributed by atoms with Crippen LogP contribution in [-0.2, 0) is 11.3 Å². The summed E-state index contributed by atoms with van der Waals surface area (Å²) in [6.45, 7) is 0.472. The lowest BCUT2D eigenvalue weighted by Crippen LogP contribution is -2.07. The van der Waals surface area contributed by atoms with Crippen LogP contribution in [0.1, 0.15) is 37.4 Å². The van der Waals surface area contributed by atoms with Crippen LogP contribution in [0, 0.1) is 0 Å². The third-order valence-corrected chi connectivity index (χ3v) is 3.46. The molecule has 0 saturated heterocycles. The molecule has 92 valence electrons. The number of H-pyrrole nitrogens is 1. The van der Waals surface area contributed by atoms with Gasteiger partial charge in [-0.2, -0.15) is 10.2 Å². The summed E-state index contributed by atoms with van der Waals surface area (Å²) in [4.78, 5) is 0. The molecule has 6 heteroatoms. The van der Waals surface area contributed by atoms with Gasteiger partial charge in [-0.15, -0.1) is 0 Å². The van der Waals surface area contributed by atoms with Crippen molar-refractivity contribution in [2.45, 2.75) is 38.3 Å². The number of hydrogen-bond donors (Lipinski definition) is 2.